The van der Waals surface area contributed by atoms with Gasteiger partial charge in [0.1, 0.15) is 17.1 Å². The molecule has 1 heterocycles. The number of nitrogens with one attached hydrogen (secondary N) is 1. The zero-order valence-electron chi connectivity index (χ0n) is 18.1. The van der Waals surface area contributed by atoms with Crippen molar-refractivity contribution in [1.82, 2.24) is 5.32 Å². The van der Waals surface area contributed by atoms with E-state index in [1.807, 2.05) is 20.8 Å². The van der Waals surface area contributed by atoms with Crippen molar-refractivity contribution in [2.45, 2.75) is 39.5 Å². The molecule has 1 aliphatic carbocycles. The van der Waals surface area contributed by atoms with Crippen molar-refractivity contribution in [3.63, 3.8) is 0 Å². The van der Waals surface area contributed by atoms with E-state index in [1.54, 1.807) is 12.1 Å². The molecule has 7 nitrogen and oxygen atoms in total. The van der Waals surface area contributed by atoms with Crippen LogP contribution in [0.5, 0.6) is 11.5 Å². The highest BCUT2D eigenvalue weighted by Crippen LogP contribution is 2.49. The van der Waals surface area contributed by atoms with Gasteiger partial charge < -0.3 is 19.5 Å². The molecule has 1 atom stereocenters. The third-order valence-corrected chi connectivity index (χ3v) is 5.63. The van der Waals surface area contributed by atoms with Crippen LogP contribution in [-0.4, -0.2) is 33.1 Å². The van der Waals surface area contributed by atoms with Gasteiger partial charge in [0, 0.05) is 35.0 Å². The van der Waals surface area contributed by atoms with Crippen molar-refractivity contribution in [3.8, 4) is 17.6 Å². The van der Waals surface area contributed by atoms with Gasteiger partial charge in [-0.25, -0.2) is 4.79 Å². The Bertz CT molecular complexity index is 1030. The number of nitriles is 1. The molecule has 2 aliphatic rings. The minimum atomic E-state index is -0.640. The number of carbonyl (C=O) groups is 2. The number of benzene rings is 1. The average Bonchev–Trinajstić information content (AvgIpc) is 2.70. The molecule has 30 heavy (non-hydrogen) atoms. The Morgan fingerprint density at radius 3 is 2.40 bits per heavy atom. The number of esters is 1. The molecule has 0 bridgehead atoms. The van der Waals surface area contributed by atoms with Gasteiger partial charge in [0.05, 0.1) is 38.9 Å². The van der Waals surface area contributed by atoms with Crippen LogP contribution < -0.4 is 14.8 Å². The lowest BCUT2D eigenvalue weighted by Gasteiger charge is -2.39. The second-order valence-electron chi connectivity index (χ2n) is 8.33. The number of dihydropyridines is 1. The summed E-state index contributed by atoms with van der Waals surface area (Å²) in [5.41, 5.74) is 3.04. The lowest BCUT2D eigenvalue weighted by Crippen LogP contribution is -2.37. The third-order valence-electron chi connectivity index (χ3n) is 5.63. The van der Waals surface area contributed by atoms with Crippen LogP contribution in [0.1, 0.15) is 55.5 Å². The van der Waals surface area contributed by atoms with Gasteiger partial charge in [-0.2, -0.15) is 5.26 Å². The van der Waals surface area contributed by atoms with Crippen molar-refractivity contribution in [2.75, 3.05) is 21.3 Å². The van der Waals surface area contributed by atoms with Gasteiger partial charge in [-0.3, -0.25) is 4.79 Å². The van der Waals surface area contributed by atoms with Gasteiger partial charge in [-0.15, -0.1) is 0 Å². The van der Waals surface area contributed by atoms with Crippen molar-refractivity contribution in [1.29, 1.82) is 5.26 Å². The fourth-order valence-electron chi connectivity index (χ4n) is 4.31. The van der Waals surface area contributed by atoms with E-state index in [0.29, 0.717) is 46.7 Å². The summed E-state index contributed by atoms with van der Waals surface area (Å²) in [5.74, 6) is -0.512. The van der Waals surface area contributed by atoms with E-state index in [9.17, 15) is 14.9 Å². The average molecular weight is 410 g/mol. The minimum absolute atomic E-state index is 0.0171. The molecule has 1 aromatic carbocycles. The first-order valence-corrected chi connectivity index (χ1v) is 9.65. The molecule has 1 aliphatic heterocycles. The van der Waals surface area contributed by atoms with Gasteiger partial charge >= 0.3 is 5.97 Å². The van der Waals surface area contributed by atoms with Crippen LogP contribution in [0.15, 0.2) is 34.7 Å². The molecule has 1 aromatic rings. The Morgan fingerprint density at radius 2 is 1.83 bits per heavy atom. The minimum Gasteiger partial charge on any atom is -0.496 e. The van der Waals surface area contributed by atoms with Crippen molar-refractivity contribution in [3.05, 3.63) is 45.8 Å². The summed E-state index contributed by atoms with van der Waals surface area (Å²) in [4.78, 5) is 25.6. The summed E-state index contributed by atoms with van der Waals surface area (Å²) in [6.07, 6.45) is 1.06. The molecule has 0 fully saturated rings. The molecule has 0 spiro atoms. The van der Waals surface area contributed by atoms with Crippen LogP contribution >= 0.6 is 0 Å². The van der Waals surface area contributed by atoms with Gasteiger partial charge in [-0.05, 0) is 24.8 Å². The van der Waals surface area contributed by atoms with E-state index in [1.165, 1.54) is 21.3 Å². The predicted molar refractivity (Wildman–Crippen MR) is 110 cm³/mol. The second-order valence-corrected chi connectivity index (χ2v) is 8.33. The van der Waals surface area contributed by atoms with Crippen LogP contribution in [0.2, 0.25) is 0 Å². The Hall–Kier alpha value is -3.27. The van der Waals surface area contributed by atoms with Crippen LogP contribution in [0.25, 0.3) is 0 Å². The molecule has 1 N–H and O–H groups in total. The Morgan fingerprint density at radius 1 is 1.17 bits per heavy atom. The Labute approximate surface area is 176 Å². The number of rotatable bonds is 4. The number of Topliss-reactive ketones (excluding diaryl/α,β-unsaturated/α-hetero) is 1. The topological polar surface area (TPSA) is 97.7 Å². The molecular formula is C23H26N2O5. The van der Waals surface area contributed by atoms with Gasteiger partial charge in [0.25, 0.3) is 0 Å². The smallest absolute Gasteiger partial charge is 0.341 e. The Kier molecular flexibility index (Phi) is 5.62. The van der Waals surface area contributed by atoms with Gasteiger partial charge in [0.15, 0.2) is 5.78 Å². The fraction of sp³-hybridized carbons (Fsp3) is 0.435. The van der Waals surface area contributed by atoms with E-state index in [2.05, 4.69) is 11.4 Å². The van der Waals surface area contributed by atoms with Crippen LogP contribution in [0.4, 0.5) is 0 Å². The number of nitrogens with zero attached hydrogens (tertiary/aromatic N) is 1. The monoisotopic (exact) mass is 410 g/mol. The van der Waals surface area contributed by atoms with Crippen LogP contribution in [0.3, 0.4) is 0 Å². The maximum absolute atomic E-state index is 13.2. The van der Waals surface area contributed by atoms with E-state index < -0.39 is 11.9 Å². The van der Waals surface area contributed by atoms with Crippen LogP contribution in [-0.2, 0) is 9.53 Å². The molecule has 3 rings (SSSR count). The van der Waals surface area contributed by atoms with Crippen LogP contribution in [0, 0.1) is 16.7 Å². The fourth-order valence-corrected chi connectivity index (χ4v) is 4.31. The van der Waals surface area contributed by atoms with Crippen molar-refractivity contribution in [2.24, 2.45) is 5.41 Å². The zero-order chi connectivity index (χ0) is 22.2. The molecule has 0 amide bonds. The number of ketones is 1. The number of hydrogen-bond donors (Lipinski definition) is 1. The molecule has 7 heteroatoms. The molecular weight excluding hydrogens is 384 g/mol. The maximum Gasteiger partial charge on any atom is 0.341 e. The molecule has 158 valence electrons. The first-order valence-electron chi connectivity index (χ1n) is 9.65. The number of methoxy groups -OCH3 is 3. The first-order chi connectivity index (χ1) is 14.2. The zero-order valence-corrected chi connectivity index (χ0v) is 18.1. The summed E-state index contributed by atoms with van der Waals surface area (Å²) in [7, 11) is 4.23. The maximum atomic E-state index is 13.2. The van der Waals surface area contributed by atoms with E-state index in [0.717, 1.165) is 5.70 Å². The summed E-state index contributed by atoms with van der Waals surface area (Å²) in [5, 5.41) is 13.2. The highest BCUT2D eigenvalue weighted by molar-refractivity contribution is 6.01. The second kappa shape index (κ2) is 7.86. The summed E-state index contributed by atoms with van der Waals surface area (Å²) >= 11 is 0. The molecule has 0 radical (unpaired) electrons. The van der Waals surface area contributed by atoms with Gasteiger partial charge in [-0.1, -0.05) is 13.8 Å². The predicted octanol–water partition coefficient (Wildman–Crippen LogP) is 3.62. The van der Waals surface area contributed by atoms with Crippen molar-refractivity contribution >= 4 is 11.8 Å². The number of hydrogen-bond acceptors (Lipinski definition) is 7. The lowest BCUT2D eigenvalue weighted by atomic mass is 9.68. The third kappa shape index (κ3) is 3.54. The highest BCUT2D eigenvalue weighted by Gasteiger charge is 2.42. The molecule has 0 unspecified atom stereocenters. The quantitative estimate of drug-likeness (QED) is 0.757. The highest BCUT2D eigenvalue weighted by atomic mass is 16.5. The van der Waals surface area contributed by atoms with E-state index >= 15 is 0 Å². The normalized spacial score (nSPS) is 20.2. The number of carbonyl (C=O) groups excluding carboxylic acids is 2. The number of allylic oxidation sites excluding steroid dienone is 4. The lowest BCUT2D eigenvalue weighted by molar-refractivity contribution is -0.118. The standard InChI is InChI=1S/C23H26N2O5/c1-12-15(11-24)20(21-16(25-12)9-23(2,3)10-17(21)26)13-7-14(22(27)30-6)19(29-5)8-18(13)28-4/h7-8,20,25H,9-10H2,1-6H3/t20-/m0/s1. The summed E-state index contributed by atoms with van der Waals surface area (Å²) < 4.78 is 15.8. The SMILES string of the molecule is COC(=O)c1cc([C@H]2C(C#N)=C(C)NC3=C2C(=O)CC(C)(C)C3)c(OC)cc1OC. The molecule has 0 saturated carbocycles. The van der Waals surface area contributed by atoms with E-state index in [4.69, 9.17) is 14.2 Å². The molecule has 0 saturated heterocycles. The van der Waals surface area contributed by atoms with E-state index in [-0.39, 0.29) is 16.8 Å². The van der Waals surface area contributed by atoms with Crippen molar-refractivity contribution < 1.29 is 23.8 Å². The number of ether oxygens (including phenoxy) is 3. The Balaban J connectivity index is 2.31. The first kappa shape index (κ1) is 21.4. The summed E-state index contributed by atoms with van der Waals surface area (Å²) in [6.45, 7) is 5.92. The van der Waals surface area contributed by atoms with Gasteiger partial charge in [0.2, 0.25) is 0 Å². The largest absolute Gasteiger partial charge is 0.496 e. The summed E-state index contributed by atoms with van der Waals surface area (Å²) in [6, 6.07) is 5.43. The molecule has 0 aromatic heterocycles.